The van der Waals surface area contributed by atoms with Crippen molar-refractivity contribution in [3.63, 3.8) is 0 Å². The lowest BCUT2D eigenvalue weighted by Gasteiger charge is -2.24. The second-order valence-electron chi connectivity index (χ2n) is 13.2. The summed E-state index contributed by atoms with van der Waals surface area (Å²) in [6.07, 6.45) is 15.9. The normalized spacial score (nSPS) is 13.4. The molecule has 252 valence electrons. The summed E-state index contributed by atoms with van der Waals surface area (Å²) in [5, 5.41) is 38.4. The average molecular weight is 684 g/mol. The molecule has 0 aliphatic heterocycles. The Bertz CT molecular complexity index is 2750. The van der Waals surface area contributed by atoms with Gasteiger partial charge in [0.2, 0.25) is 0 Å². The number of furan rings is 1. The van der Waals surface area contributed by atoms with Gasteiger partial charge in [-0.15, -0.1) is 0 Å². The Morgan fingerprint density at radius 3 is 1.89 bits per heavy atom. The molecule has 1 aromatic heterocycles. The third-order valence-corrected chi connectivity index (χ3v) is 10.3. The molecule has 53 heavy (non-hydrogen) atoms. The van der Waals surface area contributed by atoms with Crippen LogP contribution in [0.1, 0.15) is 35.8 Å². The van der Waals surface area contributed by atoms with E-state index in [2.05, 4.69) is 68.7 Å². The first-order valence-electron chi connectivity index (χ1n) is 17.5. The molecular weight excluding hydrogens is 650 g/mol. The van der Waals surface area contributed by atoms with Gasteiger partial charge in [-0.25, -0.2) is 0 Å². The molecule has 0 saturated carbocycles. The van der Waals surface area contributed by atoms with Gasteiger partial charge in [0.25, 0.3) is 0 Å². The van der Waals surface area contributed by atoms with Crippen LogP contribution >= 0.6 is 0 Å². The topological polar surface area (TPSA) is 73.8 Å². The minimum atomic E-state index is -0.601. The molecule has 0 bridgehead atoms. The lowest BCUT2D eigenvalue weighted by Crippen LogP contribution is -2.26. The molecule has 4 radical (unpaired) electrons. The van der Waals surface area contributed by atoms with Gasteiger partial charge in [-0.05, 0) is 96.8 Å². The van der Waals surface area contributed by atoms with E-state index in [4.69, 9.17) is 20.1 Å². The predicted molar refractivity (Wildman–Crippen MR) is 224 cm³/mol. The standard InChI is InChI=1S/C47H34B2O4/c1-4-29-30(5-2)40(34-24-27-17-10-11-18-28(27)25-35(34)42-45(50)43(48)44(49)47(52)46(42)51)32-20-13-12-19-31(32)39(29)33-21-14-22-38-41(33)36(37(6-3)53-38)23-26-15-8-7-9-16-26/h4-5,7-15,17-25,50-52H,1-2,6,16H2,3H3/b26-23-. The smallest absolute Gasteiger partial charge is 0.168 e. The molecule has 0 spiro atoms. The van der Waals surface area contributed by atoms with Gasteiger partial charge >= 0.3 is 0 Å². The van der Waals surface area contributed by atoms with E-state index in [-0.39, 0.29) is 16.5 Å². The van der Waals surface area contributed by atoms with Crippen LogP contribution in [-0.2, 0) is 6.42 Å². The third kappa shape index (κ3) is 5.33. The van der Waals surface area contributed by atoms with Crippen LogP contribution in [0.3, 0.4) is 0 Å². The van der Waals surface area contributed by atoms with E-state index in [1.165, 1.54) is 5.57 Å². The number of phenols is 3. The molecule has 7 aromatic rings. The van der Waals surface area contributed by atoms with Crippen LogP contribution < -0.4 is 10.9 Å². The van der Waals surface area contributed by atoms with E-state index in [1.54, 1.807) is 0 Å². The highest BCUT2D eigenvalue weighted by Gasteiger charge is 2.27. The maximum absolute atomic E-state index is 11.4. The average Bonchev–Trinajstić information content (AvgIpc) is 3.56. The van der Waals surface area contributed by atoms with Crippen molar-refractivity contribution in [3.05, 3.63) is 144 Å². The fourth-order valence-electron chi connectivity index (χ4n) is 7.81. The zero-order valence-corrected chi connectivity index (χ0v) is 29.3. The Balaban J connectivity index is 1.52. The van der Waals surface area contributed by atoms with Gasteiger partial charge < -0.3 is 19.7 Å². The molecule has 8 rings (SSSR count). The summed E-state index contributed by atoms with van der Waals surface area (Å²) < 4.78 is 6.52. The predicted octanol–water partition coefficient (Wildman–Crippen LogP) is 10.2. The van der Waals surface area contributed by atoms with Crippen molar-refractivity contribution in [1.29, 1.82) is 0 Å². The molecule has 3 N–H and O–H groups in total. The van der Waals surface area contributed by atoms with Crippen LogP contribution in [0.4, 0.5) is 0 Å². The Morgan fingerprint density at radius 1 is 0.679 bits per heavy atom. The van der Waals surface area contributed by atoms with E-state index in [0.29, 0.717) is 11.1 Å². The third-order valence-electron chi connectivity index (χ3n) is 10.3. The number of benzene rings is 6. The lowest BCUT2D eigenvalue weighted by atomic mass is 9.75. The molecule has 1 aliphatic carbocycles. The van der Waals surface area contributed by atoms with E-state index in [9.17, 15) is 15.3 Å². The van der Waals surface area contributed by atoms with Crippen LogP contribution in [-0.4, -0.2) is 31.0 Å². The summed E-state index contributed by atoms with van der Waals surface area (Å²) in [6, 6.07) is 26.1. The molecule has 0 amide bonds. The monoisotopic (exact) mass is 684 g/mol. The zero-order valence-electron chi connectivity index (χ0n) is 29.3. The molecule has 4 nitrogen and oxygen atoms in total. The molecule has 0 fully saturated rings. The number of allylic oxidation sites excluding steroid dienone is 5. The fourth-order valence-corrected chi connectivity index (χ4v) is 7.81. The van der Waals surface area contributed by atoms with Gasteiger partial charge in [-0.2, -0.15) is 0 Å². The van der Waals surface area contributed by atoms with Gasteiger partial charge in [0.1, 0.15) is 32.8 Å². The number of rotatable bonds is 7. The number of aromatic hydroxyl groups is 3. The molecule has 0 atom stereocenters. The summed E-state index contributed by atoms with van der Waals surface area (Å²) in [4.78, 5) is 0. The molecule has 1 aliphatic rings. The first kappa shape index (κ1) is 33.7. The summed E-state index contributed by atoms with van der Waals surface area (Å²) >= 11 is 0. The summed E-state index contributed by atoms with van der Waals surface area (Å²) in [5.74, 6) is -0.684. The maximum Gasteiger partial charge on any atom is 0.168 e. The van der Waals surface area contributed by atoms with E-state index >= 15 is 0 Å². The summed E-state index contributed by atoms with van der Waals surface area (Å²) in [5.41, 5.74) is 8.05. The number of hydrogen-bond donors (Lipinski definition) is 3. The zero-order chi connectivity index (χ0) is 37.0. The Hall–Kier alpha value is -6.39. The fraction of sp³-hybridized carbons (Fsp3) is 0.0638. The summed E-state index contributed by atoms with van der Waals surface area (Å²) in [6.45, 7) is 10.8. The molecule has 0 unspecified atom stereocenters. The first-order valence-corrected chi connectivity index (χ1v) is 17.5. The van der Waals surface area contributed by atoms with Crippen molar-refractivity contribution in [2.75, 3.05) is 0 Å². The number of phenolic OH excluding ortho intramolecular Hbond substituents is 3. The largest absolute Gasteiger partial charge is 0.508 e. The van der Waals surface area contributed by atoms with Crippen molar-refractivity contribution in [2.45, 2.75) is 19.8 Å². The van der Waals surface area contributed by atoms with Crippen LogP contribution in [0.5, 0.6) is 17.2 Å². The van der Waals surface area contributed by atoms with E-state index < -0.39 is 17.2 Å². The maximum atomic E-state index is 11.4. The van der Waals surface area contributed by atoms with Crippen LogP contribution in [0, 0.1) is 0 Å². The first-order chi connectivity index (χ1) is 25.8. The summed E-state index contributed by atoms with van der Waals surface area (Å²) in [7, 11) is 12.2. The second kappa shape index (κ2) is 13.3. The molecule has 1 heterocycles. The van der Waals surface area contributed by atoms with Crippen molar-refractivity contribution in [1.82, 2.24) is 0 Å². The van der Waals surface area contributed by atoms with Crippen LogP contribution in [0.2, 0.25) is 0 Å². The Labute approximate surface area is 310 Å². The number of hydrogen-bond acceptors (Lipinski definition) is 4. The van der Waals surface area contributed by atoms with Crippen molar-refractivity contribution >= 4 is 77.4 Å². The molecule has 0 saturated heterocycles. The van der Waals surface area contributed by atoms with Gasteiger partial charge in [0.15, 0.2) is 11.5 Å². The van der Waals surface area contributed by atoms with Crippen molar-refractivity contribution in [2.24, 2.45) is 0 Å². The SMILES string of the molecule is [B]c1c([B])c(O)c(-c2cc3ccccc3cc2-c2c(C=C)c(C=C)c(-c3cccc4oc(CC)c(/C=C5/C=CC=CC5)c34)c3ccccc23)c(O)c1O. The van der Waals surface area contributed by atoms with Crippen LogP contribution in [0.15, 0.2) is 126 Å². The number of aryl methyl sites for hydroxylation is 1. The molecular formula is C47H34B2O4. The molecule has 6 aromatic carbocycles. The van der Waals surface area contributed by atoms with Crippen molar-refractivity contribution in [3.8, 4) is 50.6 Å². The second-order valence-corrected chi connectivity index (χ2v) is 13.2. The highest BCUT2D eigenvalue weighted by molar-refractivity contribution is 6.51. The molecule has 6 heteroatoms. The highest BCUT2D eigenvalue weighted by atomic mass is 16.3. The van der Waals surface area contributed by atoms with Crippen LogP contribution in [0.25, 0.3) is 84.1 Å². The quantitative estimate of drug-likeness (QED) is 0.0888. The Morgan fingerprint density at radius 2 is 1.28 bits per heavy atom. The van der Waals surface area contributed by atoms with Gasteiger partial charge in [-0.3, -0.25) is 0 Å². The highest BCUT2D eigenvalue weighted by Crippen LogP contribution is 2.51. The van der Waals surface area contributed by atoms with Crippen molar-refractivity contribution < 1.29 is 19.7 Å². The number of fused-ring (bicyclic) bond motifs is 3. The van der Waals surface area contributed by atoms with Gasteiger partial charge in [0.05, 0.1) is 5.56 Å². The Kier molecular flexibility index (Phi) is 8.47. The minimum Gasteiger partial charge on any atom is -0.508 e. The lowest BCUT2D eigenvalue weighted by molar-refractivity contribution is 0.403. The van der Waals surface area contributed by atoms with Gasteiger partial charge in [0, 0.05) is 17.4 Å². The van der Waals surface area contributed by atoms with E-state index in [0.717, 1.165) is 84.5 Å². The van der Waals surface area contributed by atoms with Gasteiger partial charge in [-0.1, -0.05) is 128 Å². The minimum absolute atomic E-state index is 0.0298. The van der Waals surface area contributed by atoms with E-state index in [1.807, 2.05) is 72.8 Å².